The summed E-state index contributed by atoms with van der Waals surface area (Å²) >= 11 is 0. The van der Waals surface area contributed by atoms with Gasteiger partial charge in [-0.1, -0.05) is 12.1 Å². The molecule has 0 atom stereocenters. The van der Waals surface area contributed by atoms with Crippen molar-refractivity contribution in [2.45, 2.75) is 46.6 Å². The van der Waals surface area contributed by atoms with E-state index in [4.69, 9.17) is 14.2 Å². The molecule has 0 fully saturated rings. The fourth-order valence-corrected chi connectivity index (χ4v) is 2.50. The maximum atomic E-state index is 12.8. The molecule has 0 radical (unpaired) electrons. The molecule has 0 unspecified atom stereocenters. The Labute approximate surface area is 166 Å². The second-order valence-electron chi connectivity index (χ2n) is 7.29. The molecule has 0 spiro atoms. The van der Waals surface area contributed by atoms with Crippen molar-refractivity contribution in [2.24, 2.45) is 5.41 Å². The van der Waals surface area contributed by atoms with Crippen LogP contribution >= 0.6 is 0 Å². The summed E-state index contributed by atoms with van der Waals surface area (Å²) in [4.78, 5) is 37.3. The van der Waals surface area contributed by atoms with Crippen LogP contribution in [0.25, 0.3) is 0 Å². The van der Waals surface area contributed by atoms with Gasteiger partial charge in [0, 0.05) is 6.42 Å². The van der Waals surface area contributed by atoms with Crippen molar-refractivity contribution in [3.63, 3.8) is 0 Å². The molecule has 28 heavy (non-hydrogen) atoms. The molecule has 7 heteroatoms. The van der Waals surface area contributed by atoms with Crippen LogP contribution < -0.4 is 0 Å². The summed E-state index contributed by atoms with van der Waals surface area (Å²) in [7, 11) is 1.30. The van der Waals surface area contributed by atoms with E-state index in [1.165, 1.54) is 7.11 Å². The van der Waals surface area contributed by atoms with Crippen molar-refractivity contribution in [2.75, 3.05) is 26.9 Å². The minimum absolute atomic E-state index is 0.0161. The van der Waals surface area contributed by atoms with Crippen LogP contribution in [-0.4, -0.2) is 50.4 Å². The first-order chi connectivity index (χ1) is 13.1. The minimum Gasteiger partial charge on any atom is -0.465 e. The first kappa shape index (κ1) is 23.6. The summed E-state index contributed by atoms with van der Waals surface area (Å²) in [5, 5.41) is 0. The van der Waals surface area contributed by atoms with Gasteiger partial charge in [-0.2, -0.15) is 0 Å². The van der Waals surface area contributed by atoms with E-state index in [-0.39, 0.29) is 26.2 Å². The maximum absolute atomic E-state index is 12.8. The van der Waals surface area contributed by atoms with Crippen LogP contribution in [0.3, 0.4) is 0 Å². The first-order valence-electron chi connectivity index (χ1n) is 9.25. The predicted octanol–water partition coefficient (Wildman–Crippen LogP) is 2.94. The van der Waals surface area contributed by atoms with E-state index >= 15 is 0 Å². The Hall–Kier alpha value is -2.41. The molecule has 0 amide bonds. The van der Waals surface area contributed by atoms with Crippen molar-refractivity contribution in [3.8, 4) is 0 Å². The molecule has 0 N–H and O–H groups in total. The van der Waals surface area contributed by atoms with Gasteiger partial charge in [0.1, 0.15) is 0 Å². The van der Waals surface area contributed by atoms with Crippen molar-refractivity contribution in [1.29, 1.82) is 0 Å². The normalized spacial score (nSPS) is 11.6. The highest BCUT2D eigenvalue weighted by Crippen LogP contribution is 2.30. The largest absolute Gasteiger partial charge is 0.465 e. The second kappa shape index (κ2) is 10.2. The van der Waals surface area contributed by atoms with Gasteiger partial charge in [0.15, 0.2) is 5.41 Å². The molecule has 0 aromatic heterocycles. The number of carbonyl (C=O) groups is 3. The van der Waals surface area contributed by atoms with Gasteiger partial charge in [-0.3, -0.25) is 9.59 Å². The summed E-state index contributed by atoms with van der Waals surface area (Å²) in [5.74, 6) is -1.87. The Kier molecular flexibility index (Phi) is 8.63. The van der Waals surface area contributed by atoms with Crippen LogP contribution in [-0.2, 0) is 35.0 Å². The topological polar surface area (TPSA) is 88.1 Å². The highest BCUT2D eigenvalue weighted by atomic mass is 16.6. The number of benzene rings is 1. The Morgan fingerprint density at radius 3 is 1.79 bits per heavy atom. The maximum Gasteiger partial charge on any atom is 0.337 e. The molecule has 0 aliphatic heterocycles. The standard InChI is InChI=1S/C21H30O7/c1-7-26-18(23)21(19(24)27-8-2,14-28-20(3,4)5)13-15-9-11-16(12-10-15)17(22)25-6/h9-12H,7-8,13-14H2,1-6H3. The molecule has 7 nitrogen and oxygen atoms in total. The quantitative estimate of drug-likeness (QED) is 0.361. The number of esters is 3. The lowest BCUT2D eigenvalue weighted by Gasteiger charge is -2.32. The van der Waals surface area contributed by atoms with Gasteiger partial charge in [0.2, 0.25) is 0 Å². The van der Waals surface area contributed by atoms with Crippen LogP contribution in [0.1, 0.15) is 50.5 Å². The Balaban J connectivity index is 3.30. The molecule has 0 aliphatic rings. The van der Waals surface area contributed by atoms with Crippen LogP contribution in [0.2, 0.25) is 0 Å². The molecule has 0 heterocycles. The number of hydrogen-bond acceptors (Lipinski definition) is 7. The smallest absolute Gasteiger partial charge is 0.337 e. The van der Waals surface area contributed by atoms with Gasteiger partial charge in [-0.25, -0.2) is 4.79 Å². The van der Waals surface area contributed by atoms with Crippen LogP contribution in [0.5, 0.6) is 0 Å². The van der Waals surface area contributed by atoms with E-state index in [9.17, 15) is 14.4 Å². The van der Waals surface area contributed by atoms with E-state index < -0.39 is 28.9 Å². The molecular weight excluding hydrogens is 364 g/mol. The van der Waals surface area contributed by atoms with Gasteiger partial charge in [-0.15, -0.1) is 0 Å². The second-order valence-corrected chi connectivity index (χ2v) is 7.29. The summed E-state index contributed by atoms with van der Waals surface area (Å²) < 4.78 is 20.9. The zero-order valence-electron chi connectivity index (χ0n) is 17.5. The van der Waals surface area contributed by atoms with Crippen molar-refractivity contribution < 1.29 is 33.3 Å². The lowest BCUT2D eigenvalue weighted by molar-refractivity contribution is -0.180. The lowest BCUT2D eigenvalue weighted by atomic mass is 9.81. The van der Waals surface area contributed by atoms with Gasteiger partial charge in [0.05, 0.1) is 38.1 Å². The molecule has 0 bridgehead atoms. The zero-order valence-corrected chi connectivity index (χ0v) is 17.5. The summed E-state index contributed by atoms with van der Waals surface area (Å²) in [6.45, 7) is 8.89. The average Bonchev–Trinajstić information content (AvgIpc) is 2.64. The van der Waals surface area contributed by atoms with E-state index in [1.54, 1.807) is 38.1 Å². The van der Waals surface area contributed by atoms with E-state index in [2.05, 4.69) is 4.74 Å². The van der Waals surface area contributed by atoms with Crippen LogP contribution in [0.15, 0.2) is 24.3 Å². The third kappa shape index (κ3) is 6.34. The number of carbonyl (C=O) groups excluding carboxylic acids is 3. The highest BCUT2D eigenvalue weighted by Gasteiger charge is 2.50. The van der Waals surface area contributed by atoms with E-state index in [0.29, 0.717) is 11.1 Å². The van der Waals surface area contributed by atoms with Gasteiger partial charge in [-0.05, 0) is 52.3 Å². The van der Waals surface area contributed by atoms with Crippen molar-refractivity contribution in [3.05, 3.63) is 35.4 Å². The number of ether oxygens (including phenoxy) is 4. The minimum atomic E-state index is -1.65. The zero-order chi connectivity index (χ0) is 21.4. The number of rotatable bonds is 9. The Morgan fingerprint density at radius 1 is 0.893 bits per heavy atom. The Bertz CT molecular complexity index is 653. The van der Waals surface area contributed by atoms with E-state index in [0.717, 1.165) is 0 Å². The number of methoxy groups -OCH3 is 1. The fraction of sp³-hybridized carbons (Fsp3) is 0.571. The van der Waals surface area contributed by atoms with E-state index in [1.807, 2.05) is 20.8 Å². The molecule has 0 saturated heterocycles. The third-order valence-corrected chi connectivity index (χ3v) is 3.96. The summed E-state index contributed by atoms with van der Waals surface area (Å²) in [5.41, 5.74) is -1.19. The van der Waals surface area contributed by atoms with Crippen LogP contribution in [0, 0.1) is 5.41 Å². The number of hydrogen-bond donors (Lipinski definition) is 0. The molecule has 156 valence electrons. The molecule has 1 aromatic carbocycles. The summed E-state index contributed by atoms with van der Waals surface area (Å²) in [6.07, 6.45) is 0.0161. The molecule has 0 aliphatic carbocycles. The lowest BCUT2D eigenvalue weighted by Crippen LogP contribution is -2.49. The van der Waals surface area contributed by atoms with Gasteiger partial charge < -0.3 is 18.9 Å². The predicted molar refractivity (Wildman–Crippen MR) is 103 cm³/mol. The van der Waals surface area contributed by atoms with Gasteiger partial charge >= 0.3 is 17.9 Å². The highest BCUT2D eigenvalue weighted by molar-refractivity contribution is 6.00. The SMILES string of the molecule is CCOC(=O)C(COC(C)(C)C)(Cc1ccc(C(=O)OC)cc1)C(=O)OCC. The molecular formula is C21H30O7. The summed E-state index contributed by atoms with van der Waals surface area (Å²) in [6, 6.07) is 6.48. The molecule has 1 aromatic rings. The molecule has 1 rings (SSSR count). The molecule has 0 saturated carbocycles. The van der Waals surface area contributed by atoms with Crippen molar-refractivity contribution in [1.82, 2.24) is 0 Å². The Morgan fingerprint density at radius 2 is 1.39 bits per heavy atom. The third-order valence-electron chi connectivity index (χ3n) is 3.96. The van der Waals surface area contributed by atoms with Crippen LogP contribution in [0.4, 0.5) is 0 Å². The average molecular weight is 394 g/mol. The van der Waals surface area contributed by atoms with Crippen molar-refractivity contribution >= 4 is 17.9 Å². The monoisotopic (exact) mass is 394 g/mol. The fourth-order valence-electron chi connectivity index (χ4n) is 2.50. The first-order valence-corrected chi connectivity index (χ1v) is 9.25. The van der Waals surface area contributed by atoms with Gasteiger partial charge in [0.25, 0.3) is 0 Å².